The molecule has 0 saturated heterocycles. The maximum Gasteiger partial charge on any atom is 0.226 e. The van der Waals surface area contributed by atoms with E-state index in [-0.39, 0.29) is 6.04 Å². The highest BCUT2D eigenvalue weighted by molar-refractivity contribution is 7.16. The first kappa shape index (κ1) is 14.3. The van der Waals surface area contributed by atoms with E-state index in [1.807, 2.05) is 0 Å². The van der Waals surface area contributed by atoms with Gasteiger partial charge in [-0.05, 0) is 36.2 Å². The minimum atomic E-state index is 0.238. The number of aromatic nitrogens is 2. The Kier molecular flexibility index (Phi) is 4.36. The third-order valence-corrected chi connectivity index (χ3v) is 5.04. The fourth-order valence-electron chi connectivity index (χ4n) is 2.10. The summed E-state index contributed by atoms with van der Waals surface area (Å²) in [5, 5.41) is 12.0. The van der Waals surface area contributed by atoms with Crippen molar-refractivity contribution in [3.8, 4) is 0 Å². The number of hydrogen-bond acceptors (Lipinski definition) is 6. The number of nitrogens with zero attached hydrogens (tertiary/aromatic N) is 2. The van der Waals surface area contributed by atoms with Gasteiger partial charge in [-0.25, -0.2) is 4.98 Å². The highest BCUT2D eigenvalue weighted by Crippen LogP contribution is 2.30. The third-order valence-electron chi connectivity index (χ3n) is 3.18. The number of nitrogens with one attached hydrogen (secondary N) is 2. The molecule has 0 fully saturated rings. The van der Waals surface area contributed by atoms with Crippen molar-refractivity contribution in [3.63, 3.8) is 0 Å². The van der Waals surface area contributed by atoms with Crippen LogP contribution in [0.25, 0.3) is 10.2 Å². The van der Waals surface area contributed by atoms with Crippen LogP contribution in [-0.4, -0.2) is 16.5 Å². The first-order valence-electron chi connectivity index (χ1n) is 7.07. The van der Waals surface area contributed by atoms with E-state index < -0.39 is 0 Å². The number of hydrogen-bond donors (Lipinski definition) is 2. The average molecular weight is 318 g/mol. The molecule has 0 amide bonds. The van der Waals surface area contributed by atoms with E-state index in [0.717, 1.165) is 29.0 Å². The van der Waals surface area contributed by atoms with Crippen molar-refractivity contribution in [2.45, 2.75) is 26.3 Å². The lowest BCUT2D eigenvalue weighted by Gasteiger charge is -2.14. The zero-order valence-corrected chi connectivity index (χ0v) is 13.7. The predicted molar refractivity (Wildman–Crippen MR) is 92.6 cm³/mol. The average Bonchev–Trinajstić information content (AvgIpc) is 3.15. The van der Waals surface area contributed by atoms with Crippen molar-refractivity contribution < 1.29 is 0 Å². The quantitative estimate of drug-likeness (QED) is 0.689. The Morgan fingerprint density at radius 2 is 2.10 bits per heavy atom. The lowest BCUT2D eigenvalue weighted by molar-refractivity contribution is 0.895. The van der Waals surface area contributed by atoms with Gasteiger partial charge in [-0.3, -0.25) is 0 Å². The van der Waals surface area contributed by atoms with Crippen LogP contribution in [0.15, 0.2) is 29.0 Å². The number of rotatable bonds is 6. The Morgan fingerprint density at radius 3 is 2.86 bits per heavy atom. The fourth-order valence-corrected chi connectivity index (χ4v) is 3.59. The first-order chi connectivity index (χ1) is 10.3. The number of thiophene rings is 2. The molecular weight excluding hydrogens is 300 g/mol. The van der Waals surface area contributed by atoms with Crippen LogP contribution in [0.5, 0.6) is 0 Å². The summed E-state index contributed by atoms with van der Waals surface area (Å²) in [5.41, 5.74) is 0. The summed E-state index contributed by atoms with van der Waals surface area (Å²) < 4.78 is 0. The minimum Gasteiger partial charge on any atom is -0.362 e. The molecule has 4 nitrogen and oxygen atoms in total. The van der Waals surface area contributed by atoms with Gasteiger partial charge < -0.3 is 10.6 Å². The Bertz CT molecular complexity index is 706. The maximum absolute atomic E-state index is 4.64. The lowest BCUT2D eigenvalue weighted by Crippen LogP contribution is -2.10. The van der Waals surface area contributed by atoms with E-state index >= 15 is 0 Å². The molecule has 0 aliphatic heterocycles. The normalized spacial score (nSPS) is 12.5. The molecule has 110 valence electrons. The molecule has 1 unspecified atom stereocenters. The molecule has 0 radical (unpaired) electrons. The van der Waals surface area contributed by atoms with Crippen LogP contribution in [0.4, 0.5) is 11.8 Å². The predicted octanol–water partition coefficient (Wildman–Crippen LogP) is 4.75. The molecule has 21 heavy (non-hydrogen) atoms. The van der Waals surface area contributed by atoms with Crippen molar-refractivity contribution in [2.75, 3.05) is 17.2 Å². The molecule has 0 aliphatic rings. The van der Waals surface area contributed by atoms with E-state index in [9.17, 15) is 0 Å². The molecule has 0 bridgehead atoms. The first-order valence-corrected chi connectivity index (χ1v) is 8.83. The molecule has 0 saturated carbocycles. The van der Waals surface area contributed by atoms with E-state index in [4.69, 9.17) is 0 Å². The summed E-state index contributed by atoms with van der Waals surface area (Å²) >= 11 is 3.40. The molecule has 0 spiro atoms. The fraction of sp³-hybridized carbons (Fsp3) is 0.333. The monoisotopic (exact) mass is 318 g/mol. The maximum atomic E-state index is 4.64. The van der Waals surface area contributed by atoms with Gasteiger partial charge in [-0.15, -0.1) is 22.7 Å². The van der Waals surface area contributed by atoms with Gasteiger partial charge in [0.1, 0.15) is 10.6 Å². The summed E-state index contributed by atoms with van der Waals surface area (Å²) in [7, 11) is 0. The number of anilines is 2. The van der Waals surface area contributed by atoms with Crippen molar-refractivity contribution in [1.29, 1.82) is 0 Å². The Hall–Kier alpha value is -1.66. The molecule has 3 rings (SSSR count). The highest BCUT2D eigenvalue weighted by atomic mass is 32.1. The van der Waals surface area contributed by atoms with Gasteiger partial charge >= 0.3 is 0 Å². The molecule has 3 heterocycles. The van der Waals surface area contributed by atoms with Crippen molar-refractivity contribution in [3.05, 3.63) is 33.8 Å². The third kappa shape index (κ3) is 3.16. The van der Waals surface area contributed by atoms with Crippen LogP contribution in [-0.2, 0) is 0 Å². The van der Waals surface area contributed by atoms with Gasteiger partial charge in [0.15, 0.2) is 0 Å². The molecule has 3 aromatic rings. The summed E-state index contributed by atoms with van der Waals surface area (Å²) in [4.78, 5) is 11.5. The van der Waals surface area contributed by atoms with Gasteiger partial charge in [-0.2, -0.15) is 4.98 Å². The van der Waals surface area contributed by atoms with E-state index in [2.05, 4.69) is 63.4 Å². The standard InChI is InChI=1S/C15H18N4S2/c1-3-7-16-15-18-13(11-6-9-21-14(11)19-15)17-10(2)12-5-4-8-20-12/h4-6,8-10H,3,7H2,1-2H3,(H2,16,17,18,19). The Labute approximate surface area is 132 Å². The second kappa shape index (κ2) is 6.41. The highest BCUT2D eigenvalue weighted by Gasteiger charge is 2.12. The summed E-state index contributed by atoms with van der Waals surface area (Å²) in [6.45, 7) is 5.18. The molecular formula is C15H18N4S2. The van der Waals surface area contributed by atoms with Crippen LogP contribution in [0, 0.1) is 0 Å². The van der Waals surface area contributed by atoms with Crippen molar-refractivity contribution in [1.82, 2.24) is 9.97 Å². The smallest absolute Gasteiger partial charge is 0.226 e. The van der Waals surface area contributed by atoms with Gasteiger partial charge in [0.2, 0.25) is 5.95 Å². The molecule has 3 aromatic heterocycles. The van der Waals surface area contributed by atoms with E-state index in [0.29, 0.717) is 5.95 Å². The lowest BCUT2D eigenvalue weighted by atomic mass is 10.2. The zero-order valence-electron chi connectivity index (χ0n) is 12.1. The molecule has 2 N–H and O–H groups in total. The molecule has 0 aliphatic carbocycles. The SMILES string of the molecule is CCCNc1nc(NC(C)c2cccs2)c2ccsc2n1. The van der Waals surface area contributed by atoms with Gasteiger partial charge in [0.05, 0.1) is 11.4 Å². The van der Waals surface area contributed by atoms with Gasteiger partial charge in [0, 0.05) is 11.4 Å². The van der Waals surface area contributed by atoms with Crippen LogP contribution < -0.4 is 10.6 Å². The van der Waals surface area contributed by atoms with Crippen LogP contribution in [0.2, 0.25) is 0 Å². The van der Waals surface area contributed by atoms with Gasteiger partial charge in [0.25, 0.3) is 0 Å². The van der Waals surface area contributed by atoms with E-state index in [1.54, 1.807) is 22.7 Å². The summed E-state index contributed by atoms with van der Waals surface area (Å²) in [5.74, 6) is 1.61. The van der Waals surface area contributed by atoms with Crippen molar-refractivity contribution >= 4 is 44.7 Å². The summed E-state index contributed by atoms with van der Waals surface area (Å²) in [6.07, 6.45) is 1.06. The van der Waals surface area contributed by atoms with Gasteiger partial charge in [-0.1, -0.05) is 13.0 Å². The Balaban J connectivity index is 1.90. The topological polar surface area (TPSA) is 49.8 Å². The zero-order chi connectivity index (χ0) is 14.7. The summed E-state index contributed by atoms with van der Waals surface area (Å²) in [6, 6.07) is 6.53. The number of fused-ring (bicyclic) bond motifs is 1. The second-order valence-corrected chi connectivity index (χ2v) is 6.72. The van der Waals surface area contributed by atoms with Crippen LogP contribution in [0.3, 0.4) is 0 Å². The van der Waals surface area contributed by atoms with E-state index in [1.165, 1.54) is 4.88 Å². The molecule has 1 atom stereocenters. The largest absolute Gasteiger partial charge is 0.362 e. The minimum absolute atomic E-state index is 0.238. The van der Waals surface area contributed by atoms with Crippen LogP contribution in [0.1, 0.15) is 31.2 Å². The molecule has 6 heteroatoms. The van der Waals surface area contributed by atoms with Crippen LogP contribution >= 0.6 is 22.7 Å². The molecule has 0 aromatic carbocycles. The Morgan fingerprint density at radius 1 is 1.19 bits per heavy atom. The van der Waals surface area contributed by atoms with Crippen molar-refractivity contribution in [2.24, 2.45) is 0 Å². The second-order valence-electron chi connectivity index (χ2n) is 4.84.